The Morgan fingerprint density at radius 2 is 1.94 bits per heavy atom. The number of hydrogen-bond acceptors (Lipinski definition) is 7. The third kappa shape index (κ3) is 4.84. The molecule has 0 saturated heterocycles. The molecule has 2 N–H and O–H groups in total. The van der Waals surface area contributed by atoms with Crippen molar-refractivity contribution in [1.82, 2.24) is 29.8 Å². The Hall–Kier alpha value is -3.85. The molecule has 0 spiro atoms. The second-order valence-electron chi connectivity index (χ2n) is 7.50. The smallest absolute Gasteiger partial charge is 0.257 e. The molecule has 9 heteroatoms. The summed E-state index contributed by atoms with van der Waals surface area (Å²) in [5.74, 6) is 1.26. The average molecular weight is 416 g/mol. The number of H-pyrrole nitrogens is 1. The van der Waals surface area contributed by atoms with Crippen LogP contribution in [-0.2, 0) is 0 Å². The number of nitrogens with zero attached hydrogens (tertiary/aromatic N) is 6. The maximum Gasteiger partial charge on any atom is 0.257 e. The molecule has 0 fully saturated rings. The lowest BCUT2D eigenvalue weighted by atomic mass is 10.2. The average Bonchev–Trinajstić information content (AvgIpc) is 3.21. The summed E-state index contributed by atoms with van der Waals surface area (Å²) < 4.78 is 0. The van der Waals surface area contributed by atoms with E-state index in [9.17, 15) is 4.79 Å². The minimum absolute atomic E-state index is 0.218. The van der Waals surface area contributed by atoms with Gasteiger partial charge in [0.2, 0.25) is 0 Å². The summed E-state index contributed by atoms with van der Waals surface area (Å²) in [7, 11) is 6.05. The Balaban J connectivity index is 1.45. The molecule has 158 valence electrons. The third-order valence-electron chi connectivity index (χ3n) is 4.85. The lowest BCUT2D eigenvalue weighted by Crippen LogP contribution is -2.29. The first kappa shape index (κ1) is 20.4. The van der Waals surface area contributed by atoms with Gasteiger partial charge in [0.1, 0.15) is 17.8 Å². The van der Waals surface area contributed by atoms with Gasteiger partial charge in [0.25, 0.3) is 5.91 Å². The van der Waals surface area contributed by atoms with E-state index < -0.39 is 0 Å². The molecule has 0 aliphatic carbocycles. The fourth-order valence-electron chi connectivity index (χ4n) is 3.05. The number of rotatable bonds is 7. The summed E-state index contributed by atoms with van der Waals surface area (Å²) in [5.41, 5.74) is 3.47. The van der Waals surface area contributed by atoms with Crippen LogP contribution in [0.25, 0.3) is 22.6 Å². The van der Waals surface area contributed by atoms with E-state index in [0.717, 1.165) is 29.9 Å². The van der Waals surface area contributed by atoms with E-state index in [1.165, 1.54) is 6.33 Å². The molecule has 0 saturated carbocycles. The van der Waals surface area contributed by atoms with Crippen LogP contribution < -0.4 is 10.2 Å². The number of amides is 1. The van der Waals surface area contributed by atoms with E-state index >= 15 is 0 Å². The molecule has 3 aromatic heterocycles. The third-order valence-corrected chi connectivity index (χ3v) is 4.85. The molecule has 31 heavy (non-hydrogen) atoms. The first-order valence-electron chi connectivity index (χ1n) is 9.89. The van der Waals surface area contributed by atoms with E-state index in [-0.39, 0.29) is 5.91 Å². The second kappa shape index (κ2) is 8.88. The molecular formula is C22H24N8O. The van der Waals surface area contributed by atoms with E-state index in [4.69, 9.17) is 0 Å². The van der Waals surface area contributed by atoms with E-state index in [0.29, 0.717) is 22.8 Å². The summed E-state index contributed by atoms with van der Waals surface area (Å²) in [6.45, 7) is 1.78. The van der Waals surface area contributed by atoms with Crippen molar-refractivity contribution in [2.75, 3.05) is 44.4 Å². The molecule has 4 rings (SSSR count). The van der Waals surface area contributed by atoms with Gasteiger partial charge in [-0.3, -0.25) is 4.79 Å². The summed E-state index contributed by atoms with van der Waals surface area (Å²) in [6.07, 6.45) is 4.74. The van der Waals surface area contributed by atoms with Crippen LogP contribution in [0.5, 0.6) is 0 Å². The number of benzene rings is 1. The summed E-state index contributed by atoms with van der Waals surface area (Å²) >= 11 is 0. The Morgan fingerprint density at radius 1 is 1.06 bits per heavy atom. The van der Waals surface area contributed by atoms with Crippen molar-refractivity contribution >= 4 is 28.4 Å². The molecule has 0 aliphatic rings. The van der Waals surface area contributed by atoms with Crippen molar-refractivity contribution in [3.63, 3.8) is 0 Å². The first-order chi connectivity index (χ1) is 15.0. The number of hydrogen-bond donors (Lipinski definition) is 2. The topological polar surface area (TPSA) is 103 Å². The van der Waals surface area contributed by atoms with Crippen LogP contribution in [-0.4, -0.2) is 70.0 Å². The molecule has 9 nitrogen and oxygen atoms in total. The highest BCUT2D eigenvalue weighted by Crippen LogP contribution is 2.22. The predicted octanol–water partition coefficient (Wildman–Crippen LogP) is 2.67. The molecule has 4 aromatic rings. The number of aromatic nitrogens is 5. The quantitative estimate of drug-likeness (QED) is 0.477. The molecule has 1 amide bonds. The Morgan fingerprint density at radius 3 is 2.65 bits per heavy atom. The van der Waals surface area contributed by atoms with Gasteiger partial charge in [-0.1, -0.05) is 0 Å². The van der Waals surface area contributed by atoms with E-state index in [2.05, 4.69) is 40.0 Å². The number of likely N-dealkylation sites (N-methyl/N-ethyl adjacent to an activating group) is 2. The zero-order valence-corrected chi connectivity index (χ0v) is 17.7. The van der Waals surface area contributed by atoms with Crippen LogP contribution >= 0.6 is 0 Å². The highest BCUT2D eigenvalue weighted by molar-refractivity contribution is 6.04. The number of imidazole rings is 1. The Kier molecular flexibility index (Phi) is 5.85. The van der Waals surface area contributed by atoms with Crippen molar-refractivity contribution < 1.29 is 4.79 Å². The maximum absolute atomic E-state index is 12.7. The minimum atomic E-state index is -0.218. The van der Waals surface area contributed by atoms with Gasteiger partial charge in [0.15, 0.2) is 5.82 Å². The van der Waals surface area contributed by atoms with Crippen LogP contribution in [0, 0.1) is 0 Å². The summed E-state index contributed by atoms with van der Waals surface area (Å²) in [5, 5.41) is 2.92. The number of carbonyl (C=O) groups excluding carboxylic acids is 1. The normalized spacial score (nSPS) is 11.1. The van der Waals surface area contributed by atoms with Gasteiger partial charge in [-0.15, -0.1) is 0 Å². The first-order valence-corrected chi connectivity index (χ1v) is 9.89. The number of carbonyl (C=O) groups is 1. The molecule has 0 unspecified atom stereocenters. The molecule has 3 heterocycles. The van der Waals surface area contributed by atoms with Crippen LogP contribution in [0.1, 0.15) is 10.4 Å². The van der Waals surface area contributed by atoms with Gasteiger partial charge in [0, 0.05) is 38.2 Å². The zero-order valence-electron chi connectivity index (χ0n) is 17.7. The van der Waals surface area contributed by atoms with Crippen LogP contribution in [0.2, 0.25) is 0 Å². The van der Waals surface area contributed by atoms with Crippen molar-refractivity contribution in [2.24, 2.45) is 0 Å². The lowest BCUT2D eigenvalue weighted by Gasteiger charge is -2.20. The minimum Gasteiger partial charge on any atom is -0.358 e. The molecule has 1 aromatic carbocycles. The Labute approximate surface area is 180 Å². The number of fused-ring (bicyclic) bond motifs is 1. The zero-order chi connectivity index (χ0) is 21.8. The van der Waals surface area contributed by atoms with Crippen molar-refractivity contribution in [3.05, 3.63) is 60.7 Å². The maximum atomic E-state index is 12.7. The van der Waals surface area contributed by atoms with Crippen LogP contribution in [0.3, 0.4) is 0 Å². The summed E-state index contributed by atoms with van der Waals surface area (Å²) in [6, 6.07) is 11.0. The fraction of sp³-hybridized carbons (Fsp3) is 0.227. The van der Waals surface area contributed by atoms with Crippen LogP contribution in [0.4, 0.5) is 11.5 Å². The van der Waals surface area contributed by atoms with Gasteiger partial charge in [-0.2, -0.15) is 0 Å². The van der Waals surface area contributed by atoms with Crippen molar-refractivity contribution in [3.8, 4) is 11.5 Å². The predicted molar refractivity (Wildman–Crippen MR) is 121 cm³/mol. The number of anilines is 2. The van der Waals surface area contributed by atoms with Crippen molar-refractivity contribution in [2.45, 2.75) is 0 Å². The number of aromatic amines is 1. The highest BCUT2D eigenvalue weighted by atomic mass is 16.1. The molecule has 0 radical (unpaired) electrons. The monoisotopic (exact) mass is 416 g/mol. The highest BCUT2D eigenvalue weighted by Gasteiger charge is 2.11. The SMILES string of the molecule is CN(C)CCN(C)c1ccc(C(=O)Nc2ccc3nc(-c4ccncn4)[nH]c3c2)cn1. The largest absolute Gasteiger partial charge is 0.358 e. The summed E-state index contributed by atoms with van der Waals surface area (Å²) in [4.78, 5) is 37.2. The van der Waals surface area contributed by atoms with E-state index in [1.54, 1.807) is 24.5 Å². The second-order valence-corrected chi connectivity index (χ2v) is 7.50. The van der Waals surface area contributed by atoms with Crippen LogP contribution in [0.15, 0.2) is 55.1 Å². The number of pyridine rings is 1. The standard InChI is InChI=1S/C22H24N8O/c1-29(2)10-11-30(3)20-7-4-15(13-24-20)22(31)26-16-5-6-17-19(12-16)28-21(27-17)18-8-9-23-14-25-18/h4-9,12-14H,10-11H2,1-3H3,(H,26,31)(H,27,28). The lowest BCUT2D eigenvalue weighted by molar-refractivity contribution is 0.102. The van der Waals surface area contributed by atoms with Gasteiger partial charge < -0.3 is 20.1 Å². The number of nitrogens with one attached hydrogen (secondary N) is 2. The Bertz CT molecular complexity index is 1170. The van der Waals surface area contributed by atoms with Gasteiger partial charge >= 0.3 is 0 Å². The molecule has 0 bridgehead atoms. The van der Waals surface area contributed by atoms with Gasteiger partial charge in [-0.05, 0) is 50.5 Å². The van der Waals surface area contributed by atoms with E-state index in [1.807, 2.05) is 45.4 Å². The molecule has 0 atom stereocenters. The molecular weight excluding hydrogens is 392 g/mol. The van der Waals surface area contributed by atoms with Gasteiger partial charge in [-0.25, -0.2) is 19.9 Å². The van der Waals surface area contributed by atoms with Crippen molar-refractivity contribution in [1.29, 1.82) is 0 Å². The molecule has 0 aliphatic heterocycles. The fourth-order valence-corrected chi connectivity index (χ4v) is 3.05. The van der Waals surface area contributed by atoms with Gasteiger partial charge in [0.05, 0.1) is 16.6 Å².